The second kappa shape index (κ2) is 7.80. The monoisotopic (exact) mass is 358 g/mol. The fourth-order valence-corrected chi connectivity index (χ4v) is 3.45. The number of hydrogen-bond acceptors (Lipinski definition) is 3. The number of benzene rings is 2. The van der Waals surface area contributed by atoms with Crippen LogP contribution in [0.5, 0.6) is 0 Å². The number of H-pyrrole nitrogens is 1. The van der Waals surface area contributed by atoms with Gasteiger partial charge >= 0.3 is 0 Å². The van der Waals surface area contributed by atoms with Crippen LogP contribution >= 0.6 is 11.3 Å². The van der Waals surface area contributed by atoms with Crippen LogP contribution in [0.25, 0.3) is 11.3 Å². The maximum atomic E-state index is 4.78. The van der Waals surface area contributed by atoms with Crippen LogP contribution in [-0.2, 0) is 6.54 Å². The third-order valence-corrected chi connectivity index (χ3v) is 4.78. The molecular weight excluding hydrogens is 340 g/mol. The molecule has 0 spiro atoms. The van der Waals surface area contributed by atoms with Crippen molar-refractivity contribution in [2.75, 3.05) is 0 Å². The first-order chi connectivity index (χ1) is 12.9. The Labute approximate surface area is 155 Å². The first-order valence-electron chi connectivity index (χ1n) is 8.38. The minimum absolute atomic E-state index is 0.633. The molecule has 0 amide bonds. The predicted molar refractivity (Wildman–Crippen MR) is 107 cm³/mol. The van der Waals surface area contributed by atoms with Crippen LogP contribution in [0.3, 0.4) is 0 Å². The van der Waals surface area contributed by atoms with E-state index in [9.17, 15) is 0 Å². The Morgan fingerprint density at radius 3 is 2.42 bits per heavy atom. The molecule has 2 aromatic carbocycles. The van der Waals surface area contributed by atoms with E-state index in [0.717, 1.165) is 21.8 Å². The number of rotatable bonds is 5. The van der Waals surface area contributed by atoms with Crippen molar-refractivity contribution in [2.24, 2.45) is 10.1 Å². The van der Waals surface area contributed by atoms with Gasteiger partial charge in [-0.2, -0.15) is 5.10 Å². The molecule has 4 rings (SSSR count). The van der Waals surface area contributed by atoms with E-state index in [0.29, 0.717) is 6.54 Å². The summed E-state index contributed by atoms with van der Waals surface area (Å²) in [6.07, 6.45) is 3.71. The van der Waals surface area contributed by atoms with Gasteiger partial charge in [0.15, 0.2) is 0 Å². The lowest BCUT2D eigenvalue weighted by Crippen LogP contribution is -2.12. The smallest absolute Gasteiger partial charge is 0.206 e. The molecule has 0 atom stereocenters. The second-order valence-corrected chi connectivity index (χ2v) is 6.59. The molecule has 1 N–H and O–H groups in total. The molecule has 0 aliphatic carbocycles. The zero-order chi connectivity index (χ0) is 17.6. The summed E-state index contributed by atoms with van der Waals surface area (Å²) in [4.78, 5) is 8.80. The van der Waals surface area contributed by atoms with Gasteiger partial charge in [0, 0.05) is 17.1 Å². The largest absolute Gasteiger partial charge is 0.360 e. The van der Waals surface area contributed by atoms with Gasteiger partial charge in [-0.3, -0.25) is 4.99 Å². The summed E-state index contributed by atoms with van der Waals surface area (Å²) in [5, 5.41) is 6.78. The number of nitrogens with one attached hydrogen (secondary N) is 1. The molecule has 4 aromatic rings. The van der Waals surface area contributed by atoms with Gasteiger partial charge in [0.25, 0.3) is 0 Å². The van der Waals surface area contributed by atoms with E-state index in [2.05, 4.69) is 39.7 Å². The Hall–Kier alpha value is -3.18. The molecule has 0 aliphatic rings. The van der Waals surface area contributed by atoms with Crippen molar-refractivity contribution in [3.8, 4) is 11.3 Å². The summed E-state index contributed by atoms with van der Waals surface area (Å²) >= 11 is 1.60. The van der Waals surface area contributed by atoms with E-state index in [-0.39, 0.29) is 0 Å². The summed E-state index contributed by atoms with van der Waals surface area (Å²) < 4.78 is 1.91. The van der Waals surface area contributed by atoms with E-state index in [1.54, 1.807) is 11.3 Å². The van der Waals surface area contributed by atoms with Gasteiger partial charge in [-0.15, -0.1) is 11.3 Å². The maximum absolute atomic E-state index is 4.78. The Morgan fingerprint density at radius 1 is 0.923 bits per heavy atom. The fourth-order valence-electron chi connectivity index (χ4n) is 2.61. The van der Waals surface area contributed by atoms with Crippen molar-refractivity contribution in [3.63, 3.8) is 0 Å². The predicted octanol–water partition coefficient (Wildman–Crippen LogP) is 4.53. The quantitative estimate of drug-likeness (QED) is 0.510. The highest BCUT2D eigenvalue weighted by molar-refractivity contribution is 7.07. The van der Waals surface area contributed by atoms with Crippen LogP contribution in [0, 0.1) is 0 Å². The zero-order valence-electron chi connectivity index (χ0n) is 14.1. The number of hydrogen-bond donors (Lipinski definition) is 1. The molecule has 26 heavy (non-hydrogen) atoms. The third-order valence-electron chi connectivity index (χ3n) is 3.93. The molecule has 0 radical (unpaired) electrons. The Balaban J connectivity index is 1.75. The molecule has 0 bridgehead atoms. The van der Waals surface area contributed by atoms with Crippen LogP contribution in [0.15, 0.2) is 94.5 Å². The maximum Gasteiger partial charge on any atom is 0.206 e. The minimum Gasteiger partial charge on any atom is -0.360 e. The van der Waals surface area contributed by atoms with Gasteiger partial charge in [0.2, 0.25) is 4.80 Å². The minimum atomic E-state index is 0.633. The van der Waals surface area contributed by atoms with Gasteiger partial charge in [-0.1, -0.05) is 60.7 Å². The van der Waals surface area contributed by atoms with Crippen LogP contribution < -0.4 is 4.80 Å². The average molecular weight is 358 g/mol. The van der Waals surface area contributed by atoms with Gasteiger partial charge in [0.05, 0.1) is 24.1 Å². The third kappa shape index (κ3) is 3.73. The van der Waals surface area contributed by atoms with E-state index >= 15 is 0 Å². The average Bonchev–Trinajstić information content (AvgIpc) is 3.36. The molecule has 0 fully saturated rings. The number of aromatic amines is 1. The van der Waals surface area contributed by atoms with Crippen molar-refractivity contribution in [3.05, 3.63) is 100 Å². The summed E-state index contributed by atoms with van der Waals surface area (Å²) in [5.41, 5.74) is 4.29. The molecular formula is C21H18N4S. The molecule has 4 nitrogen and oxygen atoms in total. The van der Waals surface area contributed by atoms with Crippen molar-refractivity contribution in [2.45, 2.75) is 6.54 Å². The molecule has 2 heterocycles. The van der Waals surface area contributed by atoms with E-state index in [1.807, 2.05) is 65.6 Å². The number of nitrogens with zero attached hydrogens (tertiary/aromatic N) is 3. The van der Waals surface area contributed by atoms with Gasteiger partial charge in [-0.05, 0) is 17.7 Å². The van der Waals surface area contributed by atoms with Crippen LogP contribution in [-0.4, -0.2) is 15.9 Å². The number of aromatic nitrogens is 2. The highest BCUT2D eigenvalue weighted by Crippen LogP contribution is 2.19. The fraction of sp³-hybridized carbons (Fsp3) is 0.0476. The van der Waals surface area contributed by atoms with Crippen LogP contribution in [0.4, 0.5) is 0 Å². The van der Waals surface area contributed by atoms with E-state index in [1.165, 1.54) is 5.56 Å². The molecule has 128 valence electrons. The van der Waals surface area contributed by atoms with Crippen LogP contribution in [0.1, 0.15) is 11.3 Å². The highest BCUT2D eigenvalue weighted by Gasteiger charge is 2.07. The summed E-state index contributed by atoms with van der Waals surface area (Å²) in [6.45, 7) is 0.633. The first-order valence-corrected chi connectivity index (χ1v) is 9.26. The zero-order valence-corrected chi connectivity index (χ0v) is 14.9. The number of thiazole rings is 1. The highest BCUT2D eigenvalue weighted by atomic mass is 32.1. The Morgan fingerprint density at radius 2 is 1.69 bits per heavy atom. The lowest BCUT2D eigenvalue weighted by molar-refractivity contribution is 0.824. The summed E-state index contributed by atoms with van der Waals surface area (Å²) in [6, 6.07) is 24.5. The van der Waals surface area contributed by atoms with Crippen molar-refractivity contribution in [1.82, 2.24) is 9.66 Å². The van der Waals surface area contributed by atoms with Crippen LogP contribution in [0.2, 0.25) is 0 Å². The summed E-state index contributed by atoms with van der Waals surface area (Å²) in [7, 11) is 0. The van der Waals surface area contributed by atoms with E-state index in [4.69, 9.17) is 4.99 Å². The molecule has 0 aliphatic heterocycles. The van der Waals surface area contributed by atoms with Crippen molar-refractivity contribution < 1.29 is 0 Å². The standard InChI is InChI=1S/C21H18N4S/c1-3-8-17(9-4-1)14-23-21-25(24-15-19-12-7-13-22-19)20(16-26-21)18-10-5-2-6-11-18/h1-13,15-16,22H,14H2. The van der Waals surface area contributed by atoms with Crippen molar-refractivity contribution >= 4 is 17.6 Å². The second-order valence-electron chi connectivity index (χ2n) is 5.75. The van der Waals surface area contributed by atoms with Gasteiger partial charge in [-0.25, -0.2) is 4.68 Å². The SMILES string of the molecule is C(=Nn1c(-c2ccccc2)csc1=NCc1ccccc1)c1ccc[nH]1. The van der Waals surface area contributed by atoms with Gasteiger partial charge < -0.3 is 4.98 Å². The normalized spacial score (nSPS) is 12.1. The molecule has 0 saturated heterocycles. The first kappa shape index (κ1) is 16.3. The Kier molecular flexibility index (Phi) is 4.89. The molecule has 2 aromatic heterocycles. The summed E-state index contributed by atoms with van der Waals surface area (Å²) in [5.74, 6) is 0. The lowest BCUT2D eigenvalue weighted by atomic mass is 10.2. The topological polar surface area (TPSA) is 45.4 Å². The van der Waals surface area contributed by atoms with E-state index < -0.39 is 0 Å². The lowest BCUT2D eigenvalue weighted by Gasteiger charge is -2.03. The molecule has 0 saturated carbocycles. The van der Waals surface area contributed by atoms with Crippen molar-refractivity contribution in [1.29, 1.82) is 0 Å². The van der Waals surface area contributed by atoms with Gasteiger partial charge in [0.1, 0.15) is 0 Å². The molecule has 0 unspecified atom stereocenters. The Bertz CT molecular complexity index is 1040. The molecule has 5 heteroatoms.